The van der Waals surface area contributed by atoms with Crippen molar-refractivity contribution in [3.8, 4) is 11.3 Å². The lowest BCUT2D eigenvalue weighted by atomic mass is 10.0. The predicted octanol–water partition coefficient (Wildman–Crippen LogP) is 5.08. The number of halogens is 1. The van der Waals surface area contributed by atoms with E-state index in [1.807, 2.05) is 35.7 Å². The van der Waals surface area contributed by atoms with Gasteiger partial charge >= 0.3 is 0 Å². The molecule has 0 bridgehead atoms. The van der Waals surface area contributed by atoms with E-state index >= 15 is 0 Å². The van der Waals surface area contributed by atoms with Gasteiger partial charge in [0.2, 0.25) is 5.91 Å². The van der Waals surface area contributed by atoms with Crippen molar-refractivity contribution in [3.63, 3.8) is 0 Å². The zero-order chi connectivity index (χ0) is 24.4. The number of carbonyl (C=O) groups is 1. The second-order valence-electron chi connectivity index (χ2n) is 9.59. The van der Waals surface area contributed by atoms with Crippen molar-refractivity contribution in [1.82, 2.24) is 19.6 Å². The third kappa shape index (κ3) is 5.28. The highest BCUT2D eigenvalue weighted by Crippen LogP contribution is 2.27. The Hall–Kier alpha value is -3.51. The van der Waals surface area contributed by atoms with Crippen LogP contribution in [-0.4, -0.2) is 39.3 Å². The van der Waals surface area contributed by atoms with E-state index in [1.54, 1.807) is 19.1 Å². The summed E-state index contributed by atoms with van der Waals surface area (Å²) in [6.45, 7) is 6.65. The first kappa shape index (κ1) is 23.2. The fourth-order valence-electron chi connectivity index (χ4n) is 4.90. The van der Waals surface area contributed by atoms with Gasteiger partial charge in [-0.05, 0) is 67.6 Å². The van der Waals surface area contributed by atoms with Crippen molar-refractivity contribution < 1.29 is 9.18 Å². The van der Waals surface area contributed by atoms with Crippen LogP contribution in [0.25, 0.3) is 16.9 Å². The van der Waals surface area contributed by atoms with Crippen LogP contribution in [-0.2, 0) is 17.8 Å². The summed E-state index contributed by atoms with van der Waals surface area (Å²) in [5.74, 6) is -0.249. The van der Waals surface area contributed by atoms with E-state index in [0.29, 0.717) is 5.56 Å². The number of hydrogen-bond donors (Lipinski definition) is 1. The molecular weight excluding hydrogens is 439 g/mol. The Kier molecular flexibility index (Phi) is 6.64. The molecule has 1 aliphatic heterocycles. The highest BCUT2D eigenvalue weighted by molar-refractivity contribution is 5.82. The van der Waals surface area contributed by atoms with E-state index in [9.17, 15) is 9.18 Å². The van der Waals surface area contributed by atoms with Crippen LogP contribution in [0.3, 0.4) is 0 Å². The van der Waals surface area contributed by atoms with Gasteiger partial charge in [0.15, 0.2) is 0 Å². The Bertz CT molecular complexity index is 1340. The molecule has 6 heteroatoms. The second kappa shape index (κ2) is 10.0. The van der Waals surface area contributed by atoms with Gasteiger partial charge in [-0.15, -0.1) is 0 Å². The minimum absolute atomic E-state index is 0.00472. The number of hydrogen-bond acceptors (Lipinski definition) is 3. The summed E-state index contributed by atoms with van der Waals surface area (Å²) < 4.78 is 15.9. The third-order valence-corrected chi connectivity index (χ3v) is 6.83. The number of benzene rings is 2. The van der Waals surface area contributed by atoms with Gasteiger partial charge in [-0.1, -0.05) is 36.4 Å². The second-order valence-corrected chi connectivity index (χ2v) is 9.59. The molecule has 1 fully saturated rings. The summed E-state index contributed by atoms with van der Waals surface area (Å²) in [6, 6.07) is 19.6. The number of pyridine rings is 1. The monoisotopic (exact) mass is 470 g/mol. The first-order valence-electron chi connectivity index (χ1n) is 12.3. The molecule has 3 heterocycles. The molecule has 5 rings (SSSR count). The molecule has 1 amide bonds. The molecule has 0 unspecified atom stereocenters. The molecule has 1 N–H and O–H groups in total. The van der Waals surface area contributed by atoms with Crippen molar-refractivity contribution in [1.29, 1.82) is 0 Å². The van der Waals surface area contributed by atoms with Gasteiger partial charge in [-0.2, -0.15) is 0 Å². The molecule has 0 spiro atoms. The molecule has 2 aromatic heterocycles. The highest BCUT2D eigenvalue weighted by Gasteiger charge is 2.23. The Morgan fingerprint density at radius 3 is 2.57 bits per heavy atom. The molecule has 35 heavy (non-hydrogen) atoms. The standard InChI is InChI=1S/C29H31FN4O/c1-20-8-11-27-32-29(23-9-10-25(30)21(2)16-23)26(34(27)18-20)17-28(35)31-24-12-14-33(15-13-24)19-22-6-4-3-5-7-22/h3-11,16,18,24H,12-15,17,19H2,1-2H3,(H,31,35). The van der Waals surface area contributed by atoms with Crippen LogP contribution in [0.1, 0.15) is 35.2 Å². The molecule has 0 aliphatic carbocycles. The number of likely N-dealkylation sites (tertiary alicyclic amines) is 1. The van der Waals surface area contributed by atoms with Gasteiger partial charge in [0.05, 0.1) is 17.8 Å². The quantitative estimate of drug-likeness (QED) is 0.428. The molecular formula is C29H31FN4O. The summed E-state index contributed by atoms with van der Waals surface area (Å²) in [5.41, 5.74) is 6.13. The minimum atomic E-state index is -0.244. The fourth-order valence-corrected chi connectivity index (χ4v) is 4.90. The van der Waals surface area contributed by atoms with E-state index in [-0.39, 0.29) is 24.2 Å². The van der Waals surface area contributed by atoms with E-state index in [4.69, 9.17) is 4.98 Å². The van der Waals surface area contributed by atoms with Crippen LogP contribution >= 0.6 is 0 Å². The lowest BCUT2D eigenvalue weighted by molar-refractivity contribution is -0.121. The Balaban J connectivity index is 1.29. The maximum atomic E-state index is 13.9. The number of aryl methyl sites for hydroxylation is 2. The zero-order valence-electron chi connectivity index (χ0n) is 20.3. The van der Waals surface area contributed by atoms with Crippen LogP contribution in [0.4, 0.5) is 4.39 Å². The Morgan fingerprint density at radius 1 is 1.06 bits per heavy atom. The van der Waals surface area contributed by atoms with Crippen LogP contribution in [0, 0.1) is 19.7 Å². The topological polar surface area (TPSA) is 49.6 Å². The number of fused-ring (bicyclic) bond motifs is 1. The number of aromatic nitrogens is 2. The fraction of sp³-hybridized carbons (Fsp3) is 0.310. The normalized spacial score (nSPS) is 14.9. The molecule has 4 aromatic rings. The average molecular weight is 471 g/mol. The largest absolute Gasteiger partial charge is 0.353 e. The number of nitrogens with one attached hydrogen (secondary N) is 1. The number of piperidine rings is 1. The first-order chi connectivity index (χ1) is 17.0. The maximum absolute atomic E-state index is 13.9. The van der Waals surface area contributed by atoms with E-state index in [0.717, 1.165) is 60.6 Å². The molecule has 1 aliphatic rings. The third-order valence-electron chi connectivity index (χ3n) is 6.83. The van der Waals surface area contributed by atoms with Crippen molar-refractivity contribution in [2.45, 2.75) is 45.7 Å². The highest BCUT2D eigenvalue weighted by atomic mass is 19.1. The van der Waals surface area contributed by atoms with Gasteiger partial charge in [0, 0.05) is 37.4 Å². The summed E-state index contributed by atoms with van der Waals surface area (Å²) in [7, 11) is 0. The van der Waals surface area contributed by atoms with Crippen LogP contribution < -0.4 is 5.32 Å². The minimum Gasteiger partial charge on any atom is -0.353 e. The van der Waals surface area contributed by atoms with E-state index in [1.165, 1.54) is 11.6 Å². The number of amides is 1. The summed E-state index contributed by atoms with van der Waals surface area (Å²) >= 11 is 0. The molecule has 2 aromatic carbocycles. The summed E-state index contributed by atoms with van der Waals surface area (Å²) in [6.07, 6.45) is 4.11. The molecule has 0 atom stereocenters. The van der Waals surface area contributed by atoms with Crippen LogP contribution in [0.15, 0.2) is 66.9 Å². The van der Waals surface area contributed by atoms with Gasteiger partial charge in [-0.25, -0.2) is 9.37 Å². The van der Waals surface area contributed by atoms with Crippen LogP contribution in [0.5, 0.6) is 0 Å². The number of imidazole rings is 1. The molecule has 0 radical (unpaired) electrons. The SMILES string of the molecule is Cc1ccc2nc(-c3ccc(F)c(C)c3)c(CC(=O)NC3CCN(Cc4ccccc4)CC3)n2c1. The van der Waals surface area contributed by atoms with E-state index < -0.39 is 0 Å². The van der Waals surface area contributed by atoms with Crippen molar-refractivity contribution in [2.24, 2.45) is 0 Å². The van der Waals surface area contributed by atoms with E-state index in [2.05, 4.69) is 34.5 Å². The number of carbonyl (C=O) groups excluding carboxylic acids is 1. The average Bonchev–Trinajstić information content (AvgIpc) is 3.20. The number of nitrogens with zero attached hydrogens (tertiary/aromatic N) is 3. The molecule has 1 saturated heterocycles. The lowest BCUT2D eigenvalue weighted by Gasteiger charge is -2.32. The van der Waals surface area contributed by atoms with Crippen molar-refractivity contribution in [2.75, 3.05) is 13.1 Å². The number of rotatable bonds is 6. The smallest absolute Gasteiger partial charge is 0.226 e. The first-order valence-corrected chi connectivity index (χ1v) is 12.3. The van der Waals surface area contributed by atoms with Crippen molar-refractivity contribution >= 4 is 11.6 Å². The Labute approximate surface area is 205 Å². The Morgan fingerprint density at radius 2 is 1.83 bits per heavy atom. The van der Waals surface area contributed by atoms with Crippen molar-refractivity contribution in [3.05, 3.63) is 95.1 Å². The molecule has 180 valence electrons. The summed E-state index contributed by atoms with van der Waals surface area (Å²) in [5, 5.41) is 3.25. The van der Waals surface area contributed by atoms with Gasteiger partial charge < -0.3 is 9.72 Å². The summed E-state index contributed by atoms with van der Waals surface area (Å²) in [4.78, 5) is 20.4. The zero-order valence-corrected chi connectivity index (χ0v) is 20.3. The maximum Gasteiger partial charge on any atom is 0.226 e. The predicted molar refractivity (Wildman–Crippen MR) is 137 cm³/mol. The van der Waals surface area contributed by atoms with Gasteiger partial charge in [0.25, 0.3) is 0 Å². The molecule has 5 nitrogen and oxygen atoms in total. The van der Waals surface area contributed by atoms with Gasteiger partial charge in [-0.3, -0.25) is 9.69 Å². The van der Waals surface area contributed by atoms with Gasteiger partial charge in [0.1, 0.15) is 11.5 Å². The van der Waals surface area contributed by atoms with Crippen LogP contribution in [0.2, 0.25) is 0 Å². The lowest BCUT2D eigenvalue weighted by Crippen LogP contribution is -2.44. The molecule has 0 saturated carbocycles.